The van der Waals surface area contributed by atoms with Gasteiger partial charge in [0.15, 0.2) is 0 Å². The van der Waals surface area contributed by atoms with Gasteiger partial charge in [-0.3, -0.25) is 14.6 Å². The van der Waals surface area contributed by atoms with Crippen LogP contribution in [-0.4, -0.2) is 34.0 Å². The van der Waals surface area contributed by atoms with Crippen LogP contribution in [0.25, 0.3) is 0 Å². The zero-order valence-electron chi connectivity index (χ0n) is 11.3. The van der Waals surface area contributed by atoms with Gasteiger partial charge in [0, 0.05) is 19.8 Å². The van der Waals surface area contributed by atoms with Crippen LogP contribution in [0, 0.1) is 0 Å². The van der Waals surface area contributed by atoms with Crippen molar-refractivity contribution >= 4 is 29.0 Å². The summed E-state index contributed by atoms with van der Waals surface area (Å²) in [6.07, 6.45) is 1.49. The first-order chi connectivity index (χ1) is 10.1. The first-order valence-electron chi connectivity index (χ1n) is 6.15. The lowest BCUT2D eigenvalue weighted by atomic mass is 10.2. The average molecular weight is 306 g/mol. The number of carbonyl (C=O) groups excluding carboxylic acids is 1. The van der Waals surface area contributed by atoms with Crippen LogP contribution in [0.15, 0.2) is 23.8 Å². The van der Waals surface area contributed by atoms with Crippen molar-refractivity contribution in [1.82, 2.24) is 15.3 Å². The fourth-order valence-electron chi connectivity index (χ4n) is 1.70. The molecule has 110 valence electrons. The third-order valence-electron chi connectivity index (χ3n) is 2.70. The number of rotatable bonds is 6. The Hall–Kier alpha value is -2.48. The molecule has 21 heavy (non-hydrogen) atoms. The maximum absolute atomic E-state index is 11.5. The summed E-state index contributed by atoms with van der Waals surface area (Å²) in [7, 11) is 1.54. The van der Waals surface area contributed by atoms with E-state index in [2.05, 4.69) is 20.6 Å². The fourth-order valence-corrected chi connectivity index (χ4v) is 2.43. The standard InChI is InChI=1S/C13H14N4O3S/c1-14-13(20)9-4-8(2-3-15-9)6-16-12-10(5-11(18)19)21-7-17-12/h2-4,7,16H,5-6H2,1H3,(H,14,20)(H,18,19). The molecule has 8 heteroatoms. The summed E-state index contributed by atoms with van der Waals surface area (Å²) in [5.41, 5.74) is 2.79. The normalized spacial score (nSPS) is 10.1. The van der Waals surface area contributed by atoms with E-state index in [0.29, 0.717) is 22.9 Å². The van der Waals surface area contributed by atoms with Crippen molar-refractivity contribution in [3.05, 3.63) is 40.0 Å². The van der Waals surface area contributed by atoms with Gasteiger partial charge in [0.25, 0.3) is 5.91 Å². The number of aromatic nitrogens is 2. The van der Waals surface area contributed by atoms with Crippen molar-refractivity contribution in [3.8, 4) is 0 Å². The molecule has 0 atom stereocenters. The predicted molar refractivity (Wildman–Crippen MR) is 78.4 cm³/mol. The Balaban J connectivity index is 2.05. The second kappa shape index (κ2) is 6.80. The third-order valence-corrected chi connectivity index (χ3v) is 3.53. The average Bonchev–Trinajstić information content (AvgIpc) is 2.91. The minimum atomic E-state index is -0.895. The quantitative estimate of drug-likeness (QED) is 0.739. The molecule has 2 aromatic rings. The molecule has 0 aromatic carbocycles. The van der Waals surface area contributed by atoms with Gasteiger partial charge in [-0.1, -0.05) is 0 Å². The molecule has 0 aliphatic rings. The van der Waals surface area contributed by atoms with Crippen LogP contribution in [0.3, 0.4) is 0 Å². The zero-order chi connectivity index (χ0) is 15.2. The molecule has 0 saturated heterocycles. The van der Waals surface area contributed by atoms with E-state index in [1.165, 1.54) is 11.3 Å². The molecule has 0 bridgehead atoms. The first-order valence-corrected chi connectivity index (χ1v) is 7.03. The van der Waals surface area contributed by atoms with Crippen molar-refractivity contribution < 1.29 is 14.7 Å². The highest BCUT2D eigenvalue weighted by atomic mass is 32.1. The van der Waals surface area contributed by atoms with Gasteiger partial charge in [-0.05, 0) is 17.7 Å². The van der Waals surface area contributed by atoms with Crippen molar-refractivity contribution in [2.75, 3.05) is 12.4 Å². The van der Waals surface area contributed by atoms with Crippen LogP contribution < -0.4 is 10.6 Å². The fraction of sp³-hybridized carbons (Fsp3) is 0.231. The topological polar surface area (TPSA) is 104 Å². The van der Waals surface area contributed by atoms with Crippen LogP contribution in [0.1, 0.15) is 20.9 Å². The molecule has 2 heterocycles. The Kier molecular flexibility index (Phi) is 4.83. The summed E-state index contributed by atoms with van der Waals surface area (Å²) >= 11 is 1.29. The maximum atomic E-state index is 11.5. The number of thiazole rings is 1. The number of pyridine rings is 1. The van der Waals surface area contributed by atoms with Gasteiger partial charge < -0.3 is 15.7 Å². The summed E-state index contributed by atoms with van der Waals surface area (Å²) in [6.45, 7) is 0.433. The van der Waals surface area contributed by atoms with Crippen molar-refractivity contribution in [2.24, 2.45) is 0 Å². The monoisotopic (exact) mass is 306 g/mol. The highest BCUT2D eigenvalue weighted by molar-refractivity contribution is 7.10. The molecule has 7 nitrogen and oxygen atoms in total. The second-order valence-electron chi connectivity index (χ2n) is 4.18. The Bertz CT molecular complexity index is 656. The molecular formula is C13H14N4O3S. The van der Waals surface area contributed by atoms with E-state index < -0.39 is 5.97 Å². The van der Waals surface area contributed by atoms with E-state index in [1.807, 2.05) is 0 Å². The van der Waals surface area contributed by atoms with Crippen LogP contribution in [-0.2, 0) is 17.8 Å². The minimum absolute atomic E-state index is 0.0627. The number of aliphatic carboxylic acids is 1. The largest absolute Gasteiger partial charge is 0.481 e. The van der Waals surface area contributed by atoms with E-state index in [-0.39, 0.29) is 12.3 Å². The number of nitrogens with one attached hydrogen (secondary N) is 2. The molecule has 0 radical (unpaired) electrons. The number of carbonyl (C=O) groups is 2. The minimum Gasteiger partial charge on any atom is -0.481 e. The summed E-state index contributed by atoms with van der Waals surface area (Å²) in [5.74, 6) is -0.592. The molecule has 2 rings (SSSR count). The molecule has 0 saturated carbocycles. The number of nitrogens with zero attached hydrogens (tertiary/aromatic N) is 2. The summed E-state index contributed by atoms with van der Waals surface area (Å²) in [4.78, 5) is 31.0. The molecule has 3 N–H and O–H groups in total. The first kappa shape index (κ1) is 14.9. The number of hydrogen-bond acceptors (Lipinski definition) is 6. The Morgan fingerprint density at radius 3 is 2.90 bits per heavy atom. The molecule has 2 aromatic heterocycles. The van der Waals surface area contributed by atoms with Gasteiger partial charge in [-0.25, -0.2) is 4.98 Å². The maximum Gasteiger partial charge on any atom is 0.308 e. The number of hydrogen-bond donors (Lipinski definition) is 3. The molecular weight excluding hydrogens is 292 g/mol. The van der Waals surface area contributed by atoms with Crippen molar-refractivity contribution in [1.29, 1.82) is 0 Å². The lowest BCUT2D eigenvalue weighted by Gasteiger charge is -2.06. The van der Waals surface area contributed by atoms with Gasteiger partial charge in [0.2, 0.25) is 0 Å². The number of amides is 1. The summed E-state index contributed by atoms with van der Waals surface area (Å²) in [6, 6.07) is 3.46. The van der Waals surface area contributed by atoms with Gasteiger partial charge in [0.1, 0.15) is 11.5 Å². The van der Waals surface area contributed by atoms with Crippen LogP contribution in [0.4, 0.5) is 5.82 Å². The Morgan fingerprint density at radius 1 is 1.38 bits per heavy atom. The predicted octanol–water partition coefficient (Wildman–Crippen LogP) is 1.14. The molecule has 0 spiro atoms. The molecule has 1 amide bonds. The smallest absolute Gasteiger partial charge is 0.308 e. The summed E-state index contributed by atoms with van der Waals surface area (Å²) in [5, 5.41) is 14.4. The molecule has 0 unspecified atom stereocenters. The number of carboxylic acid groups (broad SMARTS) is 1. The zero-order valence-corrected chi connectivity index (χ0v) is 12.1. The van der Waals surface area contributed by atoms with Gasteiger partial charge in [-0.2, -0.15) is 0 Å². The van der Waals surface area contributed by atoms with Crippen molar-refractivity contribution in [3.63, 3.8) is 0 Å². The number of anilines is 1. The highest BCUT2D eigenvalue weighted by Crippen LogP contribution is 2.20. The third kappa shape index (κ3) is 3.99. The second-order valence-corrected chi connectivity index (χ2v) is 5.12. The highest BCUT2D eigenvalue weighted by Gasteiger charge is 2.10. The van der Waals surface area contributed by atoms with E-state index in [1.54, 1.807) is 30.9 Å². The summed E-state index contributed by atoms with van der Waals surface area (Å²) < 4.78 is 0. The van der Waals surface area contributed by atoms with Crippen LogP contribution in [0.5, 0.6) is 0 Å². The van der Waals surface area contributed by atoms with E-state index in [4.69, 9.17) is 5.11 Å². The molecule has 0 fully saturated rings. The SMILES string of the molecule is CNC(=O)c1cc(CNc2ncsc2CC(=O)O)ccn1. The van der Waals surface area contributed by atoms with E-state index in [9.17, 15) is 9.59 Å². The Morgan fingerprint density at radius 2 is 2.19 bits per heavy atom. The van der Waals surface area contributed by atoms with Crippen LogP contribution >= 0.6 is 11.3 Å². The van der Waals surface area contributed by atoms with Crippen molar-refractivity contribution in [2.45, 2.75) is 13.0 Å². The van der Waals surface area contributed by atoms with Crippen LogP contribution in [0.2, 0.25) is 0 Å². The van der Waals surface area contributed by atoms with E-state index in [0.717, 1.165) is 5.56 Å². The molecule has 0 aliphatic carbocycles. The van der Waals surface area contributed by atoms with Gasteiger partial charge in [0.05, 0.1) is 16.8 Å². The molecule has 0 aliphatic heterocycles. The van der Waals surface area contributed by atoms with E-state index >= 15 is 0 Å². The number of carboxylic acids is 1. The lowest BCUT2D eigenvalue weighted by Crippen LogP contribution is -2.19. The van der Waals surface area contributed by atoms with Gasteiger partial charge >= 0.3 is 5.97 Å². The lowest BCUT2D eigenvalue weighted by molar-refractivity contribution is -0.136. The van der Waals surface area contributed by atoms with Gasteiger partial charge in [-0.15, -0.1) is 11.3 Å². The Labute approximate surface area is 125 Å².